The maximum absolute atomic E-state index is 11.5. The van der Waals surface area contributed by atoms with Crippen LogP contribution in [-0.2, 0) is 9.53 Å². The summed E-state index contributed by atoms with van der Waals surface area (Å²) in [6, 6.07) is -0.397. The van der Waals surface area contributed by atoms with E-state index in [0.717, 1.165) is 12.8 Å². The molecule has 2 unspecified atom stereocenters. The third kappa shape index (κ3) is 2.02. The van der Waals surface area contributed by atoms with Gasteiger partial charge in [-0.05, 0) is 48.5 Å². The fraction of sp³-hybridized carbons (Fsp3) is 0.909. The van der Waals surface area contributed by atoms with E-state index in [-0.39, 0.29) is 11.4 Å². The summed E-state index contributed by atoms with van der Waals surface area (Å²) in [5, 5.41) is 0. The van der Waals surface area contributed by atoms with Gasteiger partial charge in [0.05, 0.1) is 7.11 Å². The van der Waals surface area contributed by atoms with E-state index in [9.17, 15) is 4.79 Å². The number of carbonyl (C=O) groups excluding carboxylic acids is 1. The van der Waals surface area contributed by atoms with Gasteiger partial charge >= 0.3 is 5.97 Å². The highest BCUT2D eigenvalue weighted by Gasteiger charge is 2.56. The number of rotatable bonds is 3. The zero-order valence-corrected chi connectivity index (χ0v) is 10.0. The first-order chi connectivity index (χ1) is 7.20. The van der Waals surface area contributed by atoms with Gasteiger partial charge in [-0.1, -0.05) is 0 Å². The summed E-state index contributed by atoms with van der Waals surface area (Å²) in [5.41, 5.74) is 6.10. The highest BCUT2D eigenvalue weighted by Crippen LogP contribution is 2.57. The van der Waals surface area contributed by atoms with Crippen LogP contribution in [0.5, 0.6) is 0 Å². The molecule has 1 aliphatic heterocycles. The van der Waals surface area contributed by atoms with E-state index in [1.165, 1.54) is 31.5 Å². The summed E-state index contributed by atoms with van der Waals surface area (Å²) in [6.07, 6.45) is 4.71. The number of ether oxygens (including phenoxy) is 1. The van der Waals surface area contributed by atoms with Crippen LogP contribution in [0, 0.1) is 11.3 Å². The van der Waals surface area contributed by atoms with Gasteiger partial charge in [0.1, 0.15) is 6.04 Å². The predicted molar refractivity (Wildman–Crippen MR) is 61.7 cm³/mol. The maximum Gasteiger partial charge on any atom is 0.323 e. The van der Waals surface area contributed by atoms with Crippen LogP contribution in [0.4, 0.5) is 0 Å². The second kappa shape index (κ2) is 4.34. The number of hydrogen-bond acceptors (Lipinski definition) is 4. The molecule has 0 radical (unpaired) electrons. The van der Waals surface area contributed by atoms with E-state index in [0.29, 0.717) is 5.92 Å². The summed E-state index contributed by atoms with van der Waals surface area (Å²) in [7, 11) is 1.42. The zero-order valence-electron chi connectivity index (χ0n) is 9.20. The van der Waals surface area contributed by atoms with E-state index >= 15 is 0 Å². The highest BCUT2D eigenvalue weighted by molar-refractivity contribution is 7.99. The minimum absolute atomic E-state index is 0.0838. The van der Waals surface area contributed by atoms with E-state index in [1.54, 1.807) is 0 Å². The van der Waals surface area contributed by atoms with Crippen molar-refractivity contribution in [1.29, 1.82) is 0 Å². The number of carbonyl (C=O) groups is 1. The fourth-order valence-corrected chi connectivity index (χ4v) is 3.99. The van der Waals surface area contributed by atoms with Crippen LogP contribution in [0.2, 0.25) is 0 Å². The Morgan fingerprint density at radius 3 is 2.80 bits per heavy atom. The normalized spacial score (nSPS) is 30.7. The third-order valence-corrected chi connectivity index (χ3v) is 5.09. The molecule has 1 heterocycles. The molecule has 2 rings (SSSR count). The van der Waals surface area contributed by atoms with Crippen molar-refractivity contribution in [2.45, 2.75) is 31.7 Å². The van der Waals surface area contributed by atoms with Crippen LogP contribution in [0.1, 0.15) is 25.7 Å². The highest BCUT2D eigenvalue weighted by atomic mass is 32.2. The molecule has 15 heavy (non-hydrogen) atoms. The van der Waals surface area contributed by atoms with Crippen LogP contribution >= 0.6 is 11.8 Å². The molecule has 2 atom stereocenters. The van der Waals surface area contributed by atoms with Gasteiger partial charge in [0.2, 0.25) is 0 Å². The molecular weight excluding hydrogens is 210 g/mol. The van der Waals surface area contributed by atoms with Crippen LogP contribution in [-0.4, -0.2) is 30.6 Å². The van der Waals surface area contributed by atoms with E-state index in [4.69, 9.17) is 10.5 Å². The Morgan fingerprint density at radius 2 is 2.33 bits per heavy atom. The molecule has 0 spiro atoms. The Labute approximate surface area is 95.1 Å². The van der Waals surface area contributed by atoms with Crippen molar-refractivity contribution in [2.24, 2.45) is 17.1 Å². The Morgan fingerprint density at radius 1 is 1.60 bits per heavy atom. The number of methoxy groups -OCH3 is 1. The lowest BCUT2D eigenvalue weighted by Crippen LogP contribution is -2.45. The van der Waals surface area contributed by atoms with Crippen LogP contribution < -0.4 is 5.73 Å². The number of esters is 1. The molecule has 2 fully saturated rings. The molecule has 0 aromatic carbocycles. The summed E-state index contributed by atoms with van der Waals surface area (Å²) < 4.78 is 4.76. The van der Waals surface area contributed by atoms with Crippen LogP contribution in [0.15, 0.2) is 0 Å². The van der Waals surface area contributed by atoms with Crippen LogP contribution in [0.3, 0.4) is 0 Å². The summed E-state index contributed by atoms with van der Waals surface area (Å²) in [5.74, 6) is 2.83. The monoisotopic (exact) mass is 229 g/mol. The van der Waals surface area contributed by atoms with Gasteiger partial charge in [-0.15, -0.1) is 0 Å². The largest absolute Gasteiger partial charge is 0.468 e. The summed E-state index contributed by atoms with van der Waals surface area (Å²) >= 11 is 2.00. The molecule has 2 aliphatic rings. The van der Waals surface area contributed by atoms with E-state index < -0.39 is 6.04 Å². The van der Waals surface area contributed by atoms with Crippen molar-refractivity contribution >= 4 is 17.7 Å². The molecule has 1 saturated heterocycles. The Kier molecular flexibility index (Phi) is 3.26. The first-order valence-electron chi connectivity index (χ1n) is 5.62. The first-order valence-corrected chi connectivity index (χ1v) is 6.77. The molecule has 2 N–H and O–H groups in total. The Bertz CT molecular complexity index is 247. The Hall–Kier alpha value is -0.220. The van der Waals surface area contributed by atoms with Crippen molar-refractivity contribution in [3.05, 3.63) is 0 Å². The predicted octanol–water partition coefficient (Wildman–Crippen LogP) is 1.41. The van der Waals surface area contributed by atoms with Gasteiger partial charge in [0, 0.05) is 0 Å². The second-order valence-electron chi connectivity index (χ2n) is 4.65. The quantitative estimate of drug-likeness (QED) is 0.743. The minimum atomic E-state index is -0.397. The summed E-state index contributed by atoms with van der Waals surface area (Å²) in [4.78, 5) is 11.5. The smallest absolute Gasteiger partial charge is 0.323 e. The fourth-order valence-electron chi connectivity index (χ4n) is 2.67. The van der Waals surface area contributed by atoms with Gasteiger partial charge in [0.15, 0.2) is 0 Å². The lowest BCUT2D eigenvalue weighted by molar-refractivity contribution is -0.144. The molecule has 3 nitrogen and oxygen atoms in total. The van der Waals surface area contributed by atoms with Gasteiger partial charge in [-0.2, -0.15) is 11.8 Å². The summed E-state index contributed by atoms with van der Waals surface area (Å²) in [6.45, 7) is 0. The van der Waals surface area contributed by atoms with Crippen molar-refractivity contribution in [3.8, 4) is 0 Å². The molecule has 1 aliphatic carbocycles. The standard InChI is InChI=1S/C11H19NO2S/c1-14-10(13)9(12)11(4-5-11)8-3-2-6-15-7-8/h8-9H,2-7,12H2,1H3. The second-order valence-corrected chi connectivity index (χ2v) is 5.80. The average Bonchev–Trinajstić information content (AvgIpc) is 3.09. The first kappa shape index (κ1) is 11.3. The van der Waals surface area contributed by atoms with Crippen molar-refractivity contribution in [2.75, 3.05) is 18.6 Å². The van der Waals surface area contributed by atoms with Gasteiger partial charge < -0.3 is 10.5 Å². The van der Waals surface area contributed by atoms with Crippen molar-refractivity contribution in [3.63, 3.8) is 0 Å². The molecule has 1 saturated carbocycles. The molecule has 4 heteroatoms. The lowest BCUT2D eigenvalue weighted by Gasteiger charge is -2.32. The van der Waals surface area contributed by atoms with E-state index in [2.05, 4.69) is 0 Å². The molecule has 0 aromatic rings. The molecule has 86 valence electrons. The van der Waals surface area contributed by atoms with Gasteiger partial charge in [-0.3, -0.25) is 4.79 Å². The molecule has 0 aromatic heterocycles. The van der Waals surface area contributed by atoms with Gasteiger partial charge in [-0.25, -0.2) is 0 Å². The SMILES string of the molecule is COC(=O)C(N)C1(C2CCCSC2)CC1. The zero-order chi connectivity index (χ0) is 10.9. The molecule has 0 amide bonds. The third-order valence-electron chi connectivity index (χ3n) is 3.88. The lowest BCUT2D eigenvalue weighted by atomic mass is 9.81. The maximum atomic E-state index is 11.5. The number of thioether (sulfide) groups is 1. The van der Waals surface area contributed by atoms with E-state index in [1.807, 2.05) is 11.8 Å². The topological polar surface area (TPSA) is 52.3 Å². The Balaban J connectivity index is 2.02. The average molecular weight is 229 g/mol. The van der Waals surface area contributed by atoms with Gasteiger partial charge in [0.25, 0.3) is 0 Å². The van der Waals surface area contributed by atoms with Crippen molar-refractivity contribution in [1.82, 2.24) is 0 Å². The van der Waals surface area contributed by atoms with Crippen LogP contribution in [0.25, 0.3) is 0 Å². The number of nitrogens with two attached hydrogens (primary N) is 1. The van der Waals surface area contributed by atoms with Crippen molar-refractivity contribution < 1.29 is 9.53 Å². The minimum Gasteiger partial charge on any atom is -0.468 e. The number of hydrogen-bond donors (Lipinski definition) is 1. The molecule has 0 bridgehead atoms. The molecular formula is C11H19NO2S.